The van der Waals surface area contributed by atoms with Crippen LogP contribution < -0.4 is 0 Å². The van der Waals surface area contributed by atoms with Gasteiger partial charge in [-0.15, -0.1) is 11.8 Å². The van der Waals surface area contributed by atoms with Crippen LogP contribution >= 0.6 is 11.8 Å². The highest BCUT2D eigenvalue weighted by atomic mass is 32.2. The number of carbonyl (C=O) groups is 1. The molecular formula is C8H9NO2S. The molecule has 1 N–H and O–H groups in total. The van der Waals surface area contributed by atoms with Crippen LogP contribution in [-0.4, -0.2) is 28.4 Å². The summed E-state index contributed by atoms with van der Waals surface area (Å²) in [6.45, 7) is 0.602. The summed E-state index contributed by atoms with van der Waals surface area (Å²) >= 11 is 1.71. The molecule has 0 spiro atoms. The van der Waals surface area contributed by atoms with Crippen molar-refractivity contribution in [3.63, 3.8) is 0 Å². The van der Waals surface area contributed by atoms with Crippen LogP contribution in [0.4, 0.5) is 4.79 Å². The summed E-state index contributed by atoms with van der Waals surface area (Å²) < 4.78 is 0. The molecule has 0 aromatic rings. The summed E-state index contributed by atoms with van der Waals surface area (Å²) in [6.07, 6.45) is 3.92. The van der Waals surface area contributed by atoms with Gasteiger partial charge in [0.25, 0.3) is 0 Å². The first-order valence-electron chi connectivity index (χ1n) is 3.81. The van der Waals surface area contributed by atoms with Gasteiger partial charge >= 0.3 is 6.09 Å². The zero-order valence-electron chi connectivity index (χ0n) is 6.49. The largest absolute Gasteiger partial charge is 0.465 e. The quantitative estimate of drug-likeness (QED) is 0.623. The zero-order valence-corrected chi connectivity index (χ0v) is 7.30. The van der Waals surface area contributed by atoms with E-state index in [1.54, 1.807) is 18.0 Å². The lowest BCUT2D eigenvalue weighted by Gasteiger charge is -2.21. The van der Waals surface area contributed by atoms with E-state index >= 15 is 0 Å². The van der Waals surface area contributed by atoms with Crippen molar-refractivity contribution in [3.05, 3.63) is 22.8 Å². The Bertz CT molecular complexity index is 283. The first kappa shape index (κ1) is 7.73. The monoisotopic (exact) mass is 183 g/mol. The van der Waals surface area contributed by atoms with Gasteiger partial charge < -0.3 is 5.11 Å². The van der Waals surface area contributed by atoms with Crippen LogP contribution in [-0.2, 0) is 0 Å². The average Bonchev–Trinajstić information content (AvgIpc) is 2.49. The molecule has 0 aromatic carbocycles. The van der Waals surface area contributed by atoms with Crippen molar-refractivity contribution >= 4 is 17.9 Å². The van der Waals surface area contributed by atoms with Crippen LogP contribution in [0.3, 0.4) is 0 Å². The maximum absolute atomic E-state index is 10.6. The summed E-state index contributed by atoms with van der Waals surface area (Å²) in [7, 11) is 0. The van der Waals surface area contributed by atoms with E-state index in [0.29, 0.717) is 6.54 Å². The molecule has 64 valence electrons. The minimum atomic E-state index is -0.853. The van der Waals surface area contributed by atoms with Crippen molar-refractivity contribution in [1.29, 1.82) is 0 Å². The fraction of sp³-hybridized carbons (Fsp3) is 0.375. The van der Waals surface area contributed by atoms with Crippen molar-refractivity contribution in [2.75, 3.05) is 12.3 Å². The van der Waals surface area contributed by atoms with E-state index in [4.69, 9.17) is 5.11 Å². The standard InChI is InChI=1S/C8H9NO2S/c10-8(11)9-3-1-6-2-4-12-7(6)5-9/h2,5H,1,3-4H2,(H,10,11). The van der Waals surface area contributed by atoms with E-state index < -0.39 is 6.09 Å². The molecule has 2 aliphatic rings. The number of amides is 1. The van der Waals surface area contributed by atoms with Gasteiger partial charge in [0.1, 0.15) is 0 Å². The normalized spacial score (nSPS) is 21.5. The summed E-state index contributed by atoms with van der Waals surface area (Å²) in [4.78, 5) is 13.1. The molecule has 0 saturated carbocycles. The minimum Gasteiger partial charge on any atom is -0.465 e. The van der Waals surface area contributed by atoms with Gasteiger partial charge in [-0.25, -0.2) is 4.79 Å². The van der Waals surface area contributed by atoms with Crippen molar-refractivity contribution in [2.24, 2.45) is 0 Å². The van der Waals surface area contributed by atoms with E-state index in [1.807, 2.05) is 0 Å². The lowest BCUT2D eigenvalue weighted by atomic mass is 10.1. The van der Waals surface area contributed by atoms with Gasteiger partial charge in [-0.2, -0.15) is 0 Å². The van der Waals surface area contributed by atoms with Gasteiger partial charge in [0, 0.05) is 23.4 Å². The zero-order chi connectivity index (χ0) is 8.55. The molecule has 0 aromatic heterocycles. The van der Waals surface area contributed by atoms with Gasteiger partial charge in [0.2, 0.25) is 0 Å². The van der Waals surface area contributed by atoms with Crippen LogP contribution in [0.25, 0.3) is 0 Å². The van der Waals surface area contributed by atoms with Gasteiger partial charge in [0.05, 0.1) is 0 Å². The Morgan fingerprint density at radius 1 is 1.67 bits per heavy atom. The van der Waals surface area contributed by atoms with Crippen LogP contribution in [0.1, 0.15) is 6.42 Å². The van der Waals surface area contributed by atoms with E-state index in [9.17, 15) is 4.79 Å². The number of hydrogen-bond donors (Lipinski definition) is 1. The Labute approximate surface area is 74.7 Å². The van der Waals surface area contributed by atoms with Crippen LogP contribution in [0.15, 0.2) is 22.8 Å². The highest BCUT2D eigenvalue weighted by molar-refractivity contribution is 8.03. The van der Waals surface area contributed by atoms with Gasteiger partial charge in [-0.3, -0.25) is 4.90 Å². The van der Waals surface area contributed by atoms with Crippen LogP contribution in [0, 0.1) is 0 Å². The molecule has 0 saturated heterocycles. The molecule has 3 nitrogen and oxygen atoms in total. The maximum Gasteiger partial charge on any atom is 0.411 e. The van der Waals surface area contributed by atoms with Crippen LogP contribution in [0.2, 0.25) is 0 Å². The van der Waals surface area contributed by atoms with Crippen LogP contribution in [0.5, 0.6) is 0 Å². The fourth-order valence-electron chi connectivity index (χ4n) is 1.37. The second-order valence-corrected chi connectivity index (χ2v) is 3.82. The van der Waals surface area contributed by atoms with Crippen molar-refractivity contribution in [1.82, 2.24) is 4.90 Å². The molecule has 0 radical (unpaired) electrons. The predicted molar refractivity (Wildman–Crippen MR) is 48.0 cm³/mol. The maximum atomic E-state index is 10.6. The smallest absolute Gasteiger partial charge is 0.411 e. The molecule has 1 amide bonds. The second-order valence-electron chi connectivity index (χ2n) is 2.76. The highest BCUT2D eigenvalue weighted by Gasteiger charge is 2.21. The molecule has 0 bridgehead atoms. The Kier molecular flexibility index (Phi) is 1.84. The summed E-state index contributed by atoms with van der Waals surface area (Å²) in [5.74, 6) is 0.995. The van der Waals surface area contributed by atoms with E-state index in [1.165, 1.54) is 10.5 Å². The average molecular weight is 183 g/mol. The molecule has 0 unspecified atom stereocenters. The Hall–Kier alpha value is -0.900. The van der Waals surface area contributed by atoms with E-state index in [0.717, 1.165) is 17.1 Å². The molecule has 0 fully saturated rings. The molecule has 2 rings (SSSR count). The number of thioether (sulfide) groups is 1. The van der Waals surface area contributed by atoms with E-state index in [-0.39, 0.29) is 0 Å². The van der Waals surface area contributed by atoms with E-state index in [2.05, 4.69) is 6.08 Å². The third kappa shape index (κ3) is 1.22. The SMILES string of the molecule is O=C(O)N1C=C2SCC=C2CC1. The molecule has 0 atom stereocenters. The van der Waals surface area contributed by atoms with Crippen molar-refractivity contribution in [3.8, 4) is 0 Å². The molecule has 12 heavy (non-hydrogen) atoms. The molecule has 0 aliphatic carbocycles. The van der Waals surface area contributed by atoms with Crippen molar-refractivity contribution < 1.29 is 9.90 Å². The van der Waals surface area contributed by atoms with Gasteiger partial charge in [-0.05, 0) is 12.0 Å². The molecule has 2 heterocycles. The summed E-state index contributed by atoms with van der Waals surface area (Å²) in [5, 5.41) is 8.71. The summed E-state index contributed by atoms with van der Waals surface area (Å²) in [5.41, 5.74) is 1.32. The number of fused-ring (bicyclic) bond motifs is 1. The minimum absolute atomic E-state index is 0.602. The second kappa shape index (κ2) is 2.86. The third-order valence-electron chi connectivity index (χ3n) is 2.03. The number of nitrogens with zero attached hydrogens (tertiary/aromatic N) is 1. The molecular weight excluding hydrogens is 174 g/mol. The first-order valence-corrected chi connectivity index (χ1v) is 4.79. The number of hydrogen-bond acceptors (Lipinski definition) is 2. The third-order valence-corrected chi connectivity index (χ3v) is 3.04. The number of carboxylic acid groups (broad SMARTS) is 1. The number of rotatable bonds is 0. The topological polar surface area (TPSA) is 40.5 Å². The fourth-order valence-corrected chi connectivity index (χ4v) is 2.41. The lowest BCUT2D eigenvalue weighted by Crippen LogP contribution is -2.28. The van der Waals surface area contributed by atoms with Crippen molar-refractivity contribution in [2.45, 2.75) is 6.42 Å². The predicted octanol–water partition coefficient (Wildman–Crippen LogP) is 1.88. The molecule has 4 heteroatoms. The van der Waals surface area contributed by atoms with Gasteiger partial charge in [0.15, 0.2) is 0 Å². The number of allylic oxidation sites excluding steroid dienone is 1. The first-order chi connectivity index (χ1) is 5.77. The molecule has 2 aliphatic heterocycles. The van der Waals surface area contributed by atoms with Gasteiger partial charge in [-0.1, -0.05) is 6.08 Å². The summed E-state index contributed by atoms with van der Waals surface area (Å²) in [6, 6.07) is 0. The lowest BCUT2D eigenvalue weighted by molar-refractivity contribution is 0.162. The Morgan fingerprint density at radius 2 is 2.50 bits per heavy atom. The Morgan fingerprint density at radius 3 is 3.25 bits per heavy atom. The Balaban J connectivity index is 2.22. The highest BCUT2D eigenvalue weighted by Crippen LogP contribution is 2.36.